The molecular formula is C16H20N4O3. The Balaban J connectivity index is 2.06. The van der Waals surface area contributed by atoms with E-state index in [1.165, 1.54) is 10.9 Å². The van der Waals surface area contributed by atoms with Crippen LogP contribution in [0.25, 0.3) is 0 Å². The van der Waals surface area contributed by atoms with E-state index in [1.54, 1.807) is 6.92 Å². The lowest BCUT2D eigenvalue weighted by Crippen LogP contribution is -2.31. The number of hydrogen-bond acceptors (Lipinski definition) is 4. The summed E-state index contributed by atoms with van der Waals surface area (Å²) >= 11 is 0. The molecule has 0 radical (unpaired) electrons. The summed E-state index contributed by atoms with van der Waals surface area (Å²) < 4.78 is 1.34. The van der Waals surface area contributed by atoms with Crippen LogP contribution >= 0.6 is 0 Å². The summed E-state index contributed by atoms with van der Waals surface area (Å²) in [6.45, 7) is 5.54. The highest BCUT2D eigenvalue weighted by atomic mass is 16.6. The van der Waals surface area contributed by atoms with Crippen LogP contribution in [0.1, 0.15) is 36.2 Å². The van der Waals surface area contributed by atoms with E-state index in [1.807, 2.05) is 38.1 Å². The molecule has 0 aliphatic carbocycles. The minimum absolute atomic E-state index is 0.0396. The standard InChI is InChI=1S/C16H20N4O3/c1-4-14(13-7-5-11(2)6-8-13)18-16(21)10-19-12(3)15(9-17-19)20(22)23/h5-9,14H,4,10H2,1-3H3,(H,18,21). The third-order valence-electron chi connectivity index (χ3n) is 3.79. The first-order valence-corrected chi connectivity index (χ1v) is 7.45. The van der Waals surface area contributed by atoms with Gasteiger partial charge in [0, 0.05) is 0 Å². The molecule has 0 aliphatic heterocycles. The molecule has 2 aromatic rings. The Labute approximate surface area is 134 Å². The van der Waals surface area contributed by atoms with Crippen molar-refractivity contribution in [3.8, 4) is 0 Å². The van der Waals surface area contributed by atoms with Crippen molar-refractivity contribution >= 4 is 11.6 Å². The number of carbonyl (C=O) groups excluding carboxylic acids is 1. The first-order chi connectivity index (χ1) is 10.9. The second-order valence-electron chi connectivity index (χ2n) is 5.47. The molecule has 1 unspecified atom stereocenters. The van der Waals surface area contributed by atoms with Crippen molar-refractivity contribution in [3.63, 3.8) is 0 Å². The number of hydrogen-bond donors (Lipinski definition) is 1. The van der Waals surface area contributed by atoms with Crippen LogP contribution in [0, 0.1) is 24.0 Å². The van der Waals surface area contributed by atoms with Crippen molar-refractivity contribution in [1.29, 1.82) is 0 Å². The van der Waals surface area contributed by atoms with Crippen LogP contribution < -0.4 is 5.32 Å². The van der Waals surface area contributed by atoms with Crippen molar-refractivity contribution in [2.75, 3.05) is 0 Å². The van der Waals surface area contributed by atoms with E-state index in [4.69, 9.17) is 0 Å². The van der Waals surface area contributed by atoms with E-state index < -0.39 is 4.92 Å². The molecule has 1 aromatic carbocycles. The highest BCUT2D eigenvalue weighted by Crippen LogP contribution is 2.18. The highest BCUT2D eigenvalue weighted by Gasteiger charge is 2.19. The molecule has 0 saturated carbocycles. The molecule has 0 spiro atoms. The van der Waals surface area contributed by atoms with Crippen molar-refractivity contribution < 1.29 is 9.72 Å². The molecule has 23 heavy (non-hydrogen) atoms. The van der Waals surface area contributed by atoms with E-state index in [0.29, 0.717) is 5.69 Å². The summed E-state index contributed by atoms with van der Waals surface area (Å²) in [6, 6.07) is 7.91. The SMILES string of the molecule is CCC(NC(=O)Cn1ncc([N+](=O)[O-])c1C)c1ccc(C)cc1. The number of nitro groups is 1. The molecule has 1 aromatic heterocycles. The number of benzene rings is 1. The van der Waals surface area contributed by atoms with E-state index >= 15 is 0 Å². The van der Waals surface area contributed by atoms with E-state index in [9.17, 15) is 14.9 Å². The molecule has 0 bridgehead atoms. The summed E-state index contributed by atoms with van der Waals surface area (Å²) in [6.07, 6.45) is 1.92. The Kier molecular flexibility index (Phi) is 5.10. The van der Waals surface area contributed by atoms with Crippen molar-refractivity contribution in [3.05, 3.63) is 57.4 Å². The number of nitrogens with one attached hydrogen (secondary N) is 1. The maximum atomic E-state index is 12.2. The summed E-state index contributed by atoms with van der Waals surface area (Å²) in [4.78, 5) is 22.5. The van der Waals surface area contributed by atoms with E-state index in [-0.39, 0.29) is 24.2 Å². The Bertz CT molecular complexity index is 707. The topological polar surface area (TPSA) is 90.1 Å². The summed E-state index contributed by atoms with van der Waals surface area (Å²) in [5, 5.41) is 17.7. The quantitative estimate of drug-likeness (QED) is 0.655. The molecule has 1 atom stereocenters. The zero-order chi connectivity index (χ0) is 17.0. The maximum Gasteiger partial charge on any atom is 0.309 e. The number of rotatable bonds is 6. The van der Waals surface area contributed by atoms with Gasteiger partial charge >= 0.3 is 5.69 Å². The van der Waals surface area contributed by atoms with Crippen LogP contribution in [0.4, 0.5) is 5.69 Å². The average molecular weight is 316 g/mol. The van der Waals surface area contributed by atoms with Gasteiger partial charge in [0.1, 0.15) is 18.4 Å². The average Bonchev–Trinajstić information content (AvgIpc) is 2.87. The molecular weight excluding hydrogens is 296 g/mol. The Morgan fingerprint density at radius 2 is 2.00 bits per heavy atom. The first kappa shape index (κ1) is 16.7. The van der Waals surface area contributed by atoms with Gasteiger partial charge in [-0.05, 0) is 25.8 Å². The van der Waals surface area contributed by atoms with Crippen LogP contribution in [-0.2, 0) is 11.3 Å². The number of aromatic nitrogens is 2. The third kappa shape index (κ3) is 3.94. The monoisotopic (exact) mass is 316 g/mol. The second-order valence-corrected chi connectivity index (χ2v) is 5.47. The van der Waals surface area contributed by atoms with Crippen LogP contribution in [0.3, 0.4) is 0 Å². The molecule has 1 N–H and O–H groups in total. The van der Waals surface area contributed by atoms with Gasteiger partial charge in [-0.3, -0.25) is 19.6 Å². The van der Waals surface area contributed by atoms with Gasteiger partial charge in [-0.15, -0.1) is 0 Å². The normalized spacial score (nSPS) is 12.0. The van der Waals surface area contributed by atoms with Gasteiger partial charge in [0.2, 0.25) is 5.91 Å². The van der Waals surface area contributed by atoms with Crippen molar-refractivity contribution in [1.82, 2.24) is 15.1 Å². The second kappa shape index (κ2) is 7.04. The smallest absolute Gasteiger partial charge is 0.309 e. The minimum Gasteiger partial charge on any atom is -0.348 e. The van der Waals surface area contributed by atoms with Gasteiger partial charge in [0.05, 0.1) is 11.0 Å². The molecule has 0 saturated heterocycles. The molecule has 1 heterocycles. The predicted molar refractivity (Wildman–Crippen MR) is 86.0 cm³/mol. The van der Waals surface area contributed by atoms with Crippen molar-refractivity contribution in [2.45, 2.75) is 39.8 Å². The molecule has 0 fully saturated rings. The zero-order valence-electron chi connectivity index (χ0n) is 13.4. The van der Waals surface area contributed by atoms with Crippen LogP contribution in [0.5, 0.6) is 0 Å². The van der Waals surface area contributed by atoms with Gasteiger partial charge in [0.15, 0.2) is 0 Å². The van der Waals surface area contributed by atoms with Crippen LogP contribution in [-0.4, -0.2) is 20.6 Å². The summed E-state index contributed by atoms with van der Waals surface area (Å²) in [7, 11) is 0. The fraction of sp³-hybridized carbons (Fsp3) is 0.375. The fourth-order valence-corrected chi connectivity index (χ4v) is 2.37. The largest absolute Gasteiger partial charge is 0.348 e. The lowest BCUT2D eigenvalue weighted by Gasteiger charge is -2.18. The third-order valence-corrected chi connectivity index (χ3v) is 3.79. The highest BCUT2D eigenvalue weighted by molar-refractivity contribution is 5.76. The Morgan fingerprint density at radius 1 is 1.35 bits per heavy atom. The van der Waals surface area contributed by atoms with Crippen LogP contribution in [0.2, 0.25) is 0 Å². The van der Waals surface area contributed by atoms with E-state index in [0.717, 1.165) is 17.5 Å². The number of amides is 1. The molecule has 2 rings (SSSR count). The van der Waals surface area contributed by atoms with Crippen molar-refractivity contribution in [2.24, 2.45) is 0 Å². The van der Waals surface area contributed by atoms with Gasteiger partial charge < -0.3 is 5.32 Å². The van der Waals surface area contributed by atoms with Crippen LogP contribution in [0.15, 0.2) is 30.5 Å². The van der Waals surface area contributed by atoms with E-state index in [2.05, 4.69) is 10.4 Å². The lowest BCUT2D eigenvalue weighted by molar-refractivity contribution is -0.385. The Hall–Kier alpha value is -2.70. The van der Waals surface area contributed by atoms with Gasteiger partial charge in [-0.2, -0.15) is 5.10 Å². The lowest BCUT2D eigenvalue weighted by atomic mass is 10.0. The molecule has 1 amide bonds. The first-order valence-electron chi connectivity index (χ1n) is 7.45. The molecule has 7 heteroatoms. The molecule has 122 valence electrons. The maximum absolute atomic E-state index is 12.2. The minimum atomic E-state index is -0.502. The number of carbonyl (C=O) groups is 1. The van der Waals surface area contributed by atoms with Gasteiger partial charge in [-0.25, -0.2) is 0 Å². The van der Waals surface area contributed by atoms with Gasteiger partial charge in [0.25, 0.3) is 0 Å². The summed E-state index contributed by atoms with van der Waals surface area (Å²) in [5.74, 6) is -0.224. The fourth-order valence-electron chi connectivity index (χ4n) is 2.37. The van der Waals surface area contributed by atoms with Gasteiger partial charge in [-0.1, -0.05) is 36.8 Å². The number of nitrogens with zero attached hydrogens (tertiary/aromatic N) is 3. The predicted octanol–water partition coefficient (Wildman–Crippen LogP) is 2.68. The summed E-state index contributed by atoms with van der Waals surface area (Å²) in [5.41, 5.74) is 2.49. The zero-order valence-corrected chi connectivity index (χ0v) is 13.4. The molecule has 7 nitrogen and oxygen atoms in total. The molecule has 0 aliphatic rings. The Morgan fingerprint density at radius 3 is 2.52 bits per heavy atom. The number of aryl methyl sites for hydroxylation is 1.